The summed E-state index contributed by atoms with van der Waals surface area (Å²) >= 11 is 5.56. The van der Waals surface area contributed by atoms with Crippen LogP contribution >= 0.6 is 24.0 Å². The molecule has 0 spiro atoms. The number of aromatic amines is 1. The molecule has 1 aromatic rings. The van der Waals surface area contributed by atoms with Gasteiger partial charge in [0.15, 0.2) is 11.5 Å². The Bertz CT molecular complexity index is 286. The lowest BCUT2D eigenvalue weighted by atomic mass is 10.4. The summed E-state index contributed by atoms with van der Waals surface area (Å²) in [5.41, 5.74) is 5.33. The summed E-state index contributed by atoms with van der Waals surface area (Å²) in [5, 5.41) is 5.94. The molecule has 1 heterocycles. The van der Waals surface area contributed by atoms with Gasteiger partial charge in [0.2, 0.25) is 0 Å². The molecule has 1 rings (SSSR count). The quantitative estimate of drug-likeness (QED) is 0.676. The van der Waals surface area contributed by atoms with Crippen molar-refractivity contribution in [1.29, 1.82) is 0 Å². The van der Waals surface area contributed by atoms with E-state index in [0.717, 1.165) is 0 Å². The lowest BCUT2D eigenvalue weighted by molar-refractivity contribution is 0.0594. The van der Waals surface area contributed by atoms with Crippen LogP contribution in [0.2, 0.25) is 5.02 Å². The van der Waals surface area contributed by atoms with Gasteiger partial charge in [0.1, 0.15) is 5.02 Å². The number of hydrogen-bond acceptors (Lipinski definition) is 4. The molecular weight excluding hydrogens is 205 g/mol. The number of rotatable bonds is 1. The number of nitrogen functional groups attached to an aromatic ring is 1. The average molecular weight is 212 g/mol. The largest absolute Gasteiger partial charge is 0.464 e. The third-order valence-corrected chi connectivity index (χ3v) is 1.50. The fourth-order valence-electron chi connectivity index (χ4n) is 0.580. The fourth-order valence-corrected chi connectivity index (χ4v) is 0.741. The molecular formula is C5H7Cl2N3O2. The minimum Gasteiger partial charge on any atom is -0.464 e. The molecule has 7 heteroatoms. The Morgan fingerprint density at radius 2 is 2.33 bits per heavy atom. The Hall–Kier alpha value is -0.940. The van der Waals surface area contributed by atoms with Crippen LogP contribution in [0.15, 0.2) is 0 Å². The Balaban J connectivity index is 0.00000121. The molecule has 0 bridgehead atoms. The molecule has 0 saturated heterocycles. The molecule has 0 amide bonds. The van der Waals surface area contributed by atoms with E-state index in [9.17, 15) is 4.79 Å². The number of aromatic nitrogens is 2. The van der Waals surface area contributed by atoms with Crippen molar-refractivity contribution < 1.29 is 9.53 Å². The van der Waals surface area contributed by atoms with E-state index >= 15 is 0 Å². The van der Waals surface area contributed by atoms with E-state index in [4.69, 9.17) is 17.3 Å². The standard InChI is InChI=1S/C5H6ClN3O2.ClH/c1-11-5(10)3-2(6)4(7)9-8-3;/h1H3,(H3,7,8,9);1H. The van der Waals surface area contributed by atoms with Crippen molar-refractivity contribution in [2.45, 2.75) is 0 Å². The van der Waals surface area contributed by atoms with Crippen molar-refractivity contribution >= 4 is 35.8 Å². The normalized spacial score (nSPS) is 8.83. The summed E-state index contributed by atoms with van der Waals surface area (Å²) in [5.74, 6) is -0.494. The second-order valence-electron chi connectivity index (χ2n) is 1.79. The summed E-state index contributed by atoms with van der Waals surface area (Å²) in [7, 11) is 1.25. The number of carbonyl (C=O) groups is 1. The minimum absolute atomic E-state index is 0. The topological polar surface area (TPSA) is 81.0 Å². The molecule has 3 N–H and O–H groups in total. The van der Waals surface area contributed by atoms with Crippen LogP contribution in [0.25, 0.3) is 0 Å². The molecule has 68 valence electrons. The predicted octanol–water partition coefficient (Wildman–Crippen LogP) is 0.854. The summed E-state index contributed by atoms with van der Waals surface area (Å²) in [6.45, 7) is 0. The lowest BCUT2D eigenvalue weighted by Crippen LogP contribution is -2.02. The molecule has 1 aromatic heterocycles. The number of esters is 1. The van der Waals surface area contributed by atoms with Crippen LogP contribution in [0.3, 0.4) is 0 Å². The average Bonchev–Trinajstić information content (AvgIpc) is 2.32. The van der Waals surface area contributed by atoms with Crippen molar-refractivity contribution in [3.63, 3.8) is 0 Å². The van der Waals surface area contributed by atoms with Crippen LogP contribution in [0.4, 0.5) is 5.82 Å². The van der Waals surface area contributed by atoms with Crippen molar-refractivity contribution in [3.05, 3.63) is 10.7 Å². The molecule has 0 aliphatic heterocycles. The van der Waals surface area contributed by atoms with Gasteiger partial charge in [-0.05, 0) is 0 Å². The zero-order valence-electron chi connectivity index (χ0n) is 6.13. The summed E-state index contributed by atoms with van der Waals surface area (Å²) in [4.78, 5) is 10.8. The summed E-state index contributed by atoms with van der Waals surface area (Å²) in [6.07, 6.45) is 0. The van der Waals surface area contributed by atoms with Gasteiger partial charge < -0.3 is 10.5 Å². The SMILES string of the molecule is COC(=O)c1[nH]nc(N)c1Cl.Cl. The van der Waals surface area contributed by atoms with Crippen LogP contribution in [-0.4, -0.2) is 23.3 Å². The molecule has 0 radical (unpaired) electrons. The van der Waals surface area contributed by atoms with Gasteiger partial charge in [0, 0.05) is 0 Å². The maximum atomic E-state index is 10.8. The number of halogens is 2. The third kappa shape index (κ3) is 1.80. The first-order valence-electron chi connectivity index (χ1n) is 2.74. The minimum atomic E-state index is -0.584. The van der Waals surface area contributed by atoms with Gasteiger partial charge in [0.25, 0.3) is 0 Å². The number of anilines is 1. The Morgan fingerprint density at radius 3 is 2.67 bits per heavy atom. The zero-order chi connectivity index (χ0) is 8.43. The second kappa shape index (κ2) is 4.18. The van der Waals surface area contributed by atoms with Crippen LogP contribution in [-0.2, 0) is 4.74 Å². The highest BCUT2D eigenvalue weighted by Gasteiger charge is 2.15. The highest BCUT2D eigenvalue weighted by Crippen LogP contribution is 2.19. The molecule has 0 saturated carbocycles. The van der Waals surface area contributed by atoms with Gasteiger partial charge in [-0.2, -0.15) is 5.10 Å². The molecule has 0 aromatic carbocycles. The van der Waals surface area contributed by atoms with Gasteiger partial charge >= 0.3 is 5.97 Å². The first-order chi connectivity index (χ1) is 5.16. The number of ether oxygens (including phenoxy) is 1. The van der Waals surface area contributed by atoms with E-state index in [1.807, 2.05) is 0 Å². The number of nitrogens with zero attached hydrogens (tertiary/aromatic N) is 1. The second-order valence-corrected chi connectivity index (χ2v) is 2.17. The fraction of sp³-hybridized carbons (Fsp3) is 0.200. The van der Waals surface area contributed by atoms with E-state index in [0.29, 0.717) is 0 Å². The van der Waals surface area contributed by atoms with Crippen LogP contribution in [0, 0.1) is 0 Å². The highest BCUT2D eigenvalue weighted by atomic mass is 35.5. The third-order valence-electron chi connectivity index (χ3n) is 1.12. The molecule has 5 nitrogen and oxygen atoms in total. The number of nitrogens with one attached hydrogen (secondary N) is 1. The molecule has 0 fully saturated rings. The maximum absolute atomic E-state index is 10.8. The first kappa shape index (κ1) is 11.1. The number of nitrogens with two attached hydrogens (primary N) is 1. The van der Waals surface area contributed by atoms with Gasteiger partial charge in [-0.25, -0.2) is 4.79 Å². The molecule has 0 aliphatic carbocycles. The molecule has 0 atom stereocenters. The Kier molecular flexibility index (Phi) is 3.85. The maximum Gasteiger partial charge on any atom is 0.357 e. The van der Waals surface area contributed by atoms with Crippen LogP contribution < -0.4 is 5.73 Å². The smallest absolute Gasteiger partial charge is 0.357 e. The van der Waals surface area contributed by atoms with E-state index in [2.05, 4.69) is 14.9 Å². The lowest BCUT2D eigenvalue weighted by Gasteiger charge is -1.93. The highest BCUT2D eigenvalue weighted by molar-refractivity contribution is 6.35. The van der Waals surface area contributed by atoms with E-state index < -0.39 is 5.97 Å². The van der Waals surface area contributed by atoms with Gasteiger partial charge in [-0.3, -0.25) is 5.10 Å². The summed E-state index contributed by atoms with van der Waals surface area (Å²) in [6, 6.07) is 0. The predicted molar refractivity (Wildman–Crippen MR) is 46.6 cm³/mol. The monoisotopic (exact) mass is 211 g/mol. The Labute approximate surface area is 79.6 Å². The molecule has 12 heavy (non-hydrogen) atoms. The number of methoxy groups -OCH3 is 1. The van der Waals surface area contributed by atoms with Crippen molar-refractivity contribution in [3.8, 4) is 0 Å². The first-order valence-corrected chi connectivity index (χ1v) is 3.12. The van der Waals surface area contributed by atoms with Gasteiger partial charge in [-0.15, -0.1) is 12.4 Å². The number of H-pyrrole nitrogens is 1. The van der Waals surface area contributed by atoms with Crippen LogP contribution in [0.5, 0.6) is 0 Å². The van der Waals surface area contributed by atoms with Gasteiger partial charge in [0.05, 0.1) is 7.11 Å². The van der Waals surface area contributed by atoms with Crippen molar-refractivity contribution in [2.24, 2.45) is 0 Å². The summed E-state index contributed by atoms with van der Waals surface area (Å²) < 4.78 is 4.38. The Morgan fingerprint density at radius 1 is 1.75 bits per heavy atom. The van der Waals surface area contributed by atoms with E-state index in [-0.39, 0.29) is 28.9 Å². The van der Waals surface area contributed by atoms with Crippen LogP contribution in [0.1, 0.15) is 10.5 Å². The van der Waals surface area contributed by atoms with Gasteiger partial charge in [-0.1, -0.05) is 11.6 Å². The molecule has 0 aliphatic rings. The van der Waals surface area contributed by atoms with Crippen molar-refractivity contribution in [1.82, 2.24) is 10.2 Å². The van der Waals surface area contributed by atoms with Crippen molar-refractivity contribution in [2.75, 3.05) is 12.8 Å². The number of hydrogen-bond donors (Lipinski definition) is 2. The zero-order valence-corrected chi connectivity index (χ0v) is 7.70. The molecule has 0 unspecified atom stereocenters. The number of carbonyl (C=O) groups excluding carboxylic acids is 1. The van der Waals surface area contributed by atoms with E-state index in [1.54, 1.807) is 0 Å². The van der Waals surface area contributed by atoms with E-state index in [1.165, 1.54) is 7.11 Å².